The number of benzene rings is 1. The molecule has 2 aromatic heterocycles. The van der Waals surface area contributed by atoms with Crippen LogP contribution < -0.4 is 19.7 Å². The zero-order valence-corrected chi connectivity index (χ0v) is 17.6. The van der Waals surface area contributed by atoms with Gasteiger partial charge in [0.25, 0.3) is 5.91 Å². The number of amides is 1. The van der Waals surface area contributed by atoms with E-state index in [1.54, 1.807) is 12.1 Å². The molecule has 5 rings (SSSR count). The van der Waals surface area contributed by atoms with Crippen LogP contribution in [0.2, 0.25) is 0 Å². The Labute approximate surface area is 176 Å². The lowest BCUT2D eigenvalue weighted by atomic mass is 10.1. The smallest absolute Gasteiger partial charge is 0.265 e. The van der Waals surface area contributed by atoms with E-state index in [0.717, 1.165) is 34.3 Å². The van der Waals surface area contributed by atoms with Crippen molar-refractivity contribution in [1.29, 1.82) is 0 Å². The molecule has 1 amide bonds. The lowest BCUT2D eigenvalue weighted by molar-refractivity contribution is 0.103. The number of fused-ring (bicyclic) bond motifs is 2. The summed E-state index contributed by atoms with van der Waals surface area (Å²) in [6.45, 7) is 2.20. The molecule has 0 unspecified atom stereocenters. The van der Waals surface area contributed by atoms with Crippen LogP contribution in [0.25, 0.3) is 10.2 Å². The van der Waals surface area contributed by atoms with Crippen molar-refractivity contribution in [1.82, 2.24) is 9.97 Å². The minimum atomic E-state index is -0.165. The van der Waals surface area contributed by atoms with Gasteiger partial charge in [0.2, 0.25) is 6.79 Å². The number of anilines is 2. The number of rotatable bonds is 4. The Morgan fingerprint density at radius 2 is 1.97 bits per heavy atom. The molecule has 0 atom stereocenters. The molecular formula is C20H20N4O3S2. The van der Waals surface area contributed by atoms with Crippen molar-refractivity contribution >= 4 is 50.7 Å². The third kappa shape index (κ3) is 3.60. The molecule has 0 aliphatic carbocycles. The lowest BCUT2D eigenvalue weighted by Gasteiger charge is -2.28. The van der Waals surface area contributed by atoms with E-state index in [1.165, 1.54) is 42.4 Å². The molecule has 0 bridgehead atoms. The maximum Gasteiger partial charge on any atom is 0.265 e. The van der Waals surface area contributed by atoms with Crippen molar-refractivity contribution in [3.63, 3.8) is 0 Å². The van der Waals surface area contributed by atoms with Gasteiger partial charge in [-0.2, -0.15) is 0 Å². The Kier molecular flexibility index (Phi) is 4.92. The van der Waals surface area contributed by atoms with Crippen molar-refractivity contribution in [2.45, 2.75) is 24.4 Å². The van der Waals surface area contributed by atoms with Gasteiger partial charge in [0.05, 0.1) is 10.3 Å². The molecule has 1 aromatic carbocycles. The van der Waals surface area contributed by atoms with Gasteiger partial charge in [-0.1, -0.05) is 11.8 Å². The minimum absolute atomic E-state index is 0.165. The fourth-order valence-corrected chi connectivity index (χ4v) is 4.94. The van der Waals surface area contributed by atoms with Gasteiger partial charge >= 0.3 is 0 Å². The average Bonchev–Trinajstić information content (AvgIpc) is 3.40. The first kappa shape index (κ1) is 18.5. The predicted octanol–water partition coefficient (Wildman–Crippen LogP) is 4.38. The topological polar surface area (TPSA) is 76.6 Å². The van der Waals surface area contributed by atoms with Crippen molar-refractivity contribution in [3.05, 3.63) is 29.1 Å². The Balaban J connectivity index is 1.46. The minimum Gasteiger partial charge on any atom is -0.454 e. The highest BCUT2D eigenvalue weighted by molar-refractivity contribution is 7.98. The molecule has 0 saturated carbocycles. The van der Waals surface area contributed by atoms with E-state index in [2.05, 4.69) is 15.2 Å². The zero-order valence-electron chi connectivity index (χ0n) is 15.9. The largest absolute Gasteiger partial charge is 0.454 e. The first-order chi connectivity index (χ1) is 14.2. The number of piperidine rings is 1. The Morgan fingerprint density at radius 3 is 2.79 bits per heavy atom. The molecule has 150 valence electrons. The van der Waals surface area contributed by atoms with Crippen LogP contribution in [-0.2, 0) is 0 Å². The molecule has 4 heterocycles. The first-order valence-electron chi connectivity index (χ1n) is 9.53. The molecule has 0 radical (unpaired) electrons. The van der Waals surface area contributed by atoms with Crippen LogP contribution >= 0.6 is 23.1 Å². The van der Waals surface area contributed by atoms with Crippen LogP contribution in [-0.4, -0.2) is 42.0 Å². The number of nitrogens with zero attached hydrogens (tertiary/aromatic N) is 3. The molecule has 2 aliphatic rings. The van der Waals surface area contributed by atoms with E-state index in [1.807, 2.05) is 18.4 Å². The molecule has 7 nitrogen and oxygen atoms in total. The van der Waals surface area contributed by atoms with Crippen LogP contribution in [0.5, 0.6) is 11.5 Å². The van der Waals surface area contributed by atoms with Crippen LogP contribution in [0.1, 0.15) is 28.9 Å². The van der Waals surface area contributed by atoms with Gasteiger partial charge in [-0.25, -0.2) is 9.97 Å². The SMILES string of the molecule is CSc1nc(N2CCCCC2)c2cc(C(=O)Nc3ccc4c(c3)OCO4)sc2n1. The van der Waals surface area contributed by atoms with Crippen molar-refractivity contribution in [2.24, 2.45) is 0 Å². The lowest BCUT2D eigenvalue weighted by Crippen LogP contribution is -2.30. The molecule has 1 N–H and O–H groups in total. The molecule has 1 saturated heterocycles. The summed E-state index contributed by atoms with van der Waals surface area (Å²) in [5, 5.41) is 4.63. The van der Waals surface area contributed by atoms with Crippen molar-refractivity contribution < 1.29 is 14.3 Å². The van der Waals surface area contributed by atoms with E-state index < -0.39 is 0 Å². The second kappa shape index (κ2) is 7.72. The first-order valence-corrected chi connectivity index (χ1v) is 11.6. The Morgan fingerprint density at radius 1 is 1.14 bits per heavy atom. The number of hydrogen-bond acceptors (Lipinski definition) is 8. The fourth-order valence-electron chi connectivity index (χ4n) is 3.60. The second-order valence-electron chi connectivity index (χ2n) is 6.93. The van der Waals surface area contributed by atoms with E-state index in [0.29, 0.717) is 22.1 Å². The highest BCUT2D eigenvalue weighted by atomic mass is 32.2. The summed E-state index contributed by atoms with van der Waals surface area (Å²) in [6.07, 6.45) is 5.57. The van der Waals surface area contributed by atoms with Gasteiger partial charge < -0.3 is 19.7 Å². The van der Waals surface area contributed by atoms with Crippen LogP contribution in [0.3, 0.4) is 0 Å². The average molecular weight is 429 g/mol. The van der Waals surface area contributed by atoms with Crippen LogP contribution in [0.4, 0.5) is 11.5 Å². The summed E-state index contributed by atoms with van der Waals surface area (Å²) in [5.41, 5.74) is 0.670. The van der Waals surface area contributed by atoms with Crippen LogP contribution in [0, 0.1) is 0 Å². The number of thiophene rings is 1. The Hall–Kier alpha value is -2.52. The highest BCUT2D eigenvalue weighted by Gasteiger charge is 2.21. The van der Waals surface area contributed by atoms with E-state index >= 15 is 0 Å². The molecule has 29 heavy (non-hydrogen) atoms. The number of nitrogens with one attached hydrogen (secondary N) is 1. The monoisotopic (exact) mass is 428 g/mol. The molecule has 9 heteroatoms. The molecule has 3 aromatic rings. The van der Waals surface area contributed by atoms with E-state index in [9.17, 15) is 4.79 Å². The summed E-state index contributed by atoms with van der Waals surface area (Å²) < 4.78 is 10.7. The number of ether oxygens (including phenoxy) is 2. The predicted molar refractivity (Wildman–Crippen MR) is 116 cm³/mol. The molecule has 1 fully saturated rings. The number of hydrogen-bond donors (Lipinski definition) is 1. The van der Waals surface area contributed by atoms with Crippen LogP contribution in [0.15, 0.2) is 29.4 Å². The summed E-state index contributed by atoms with van der Waals surface area (Å²) in [4.78, 5) is 26.1. The Bertz CT molecular complexity index is 1080. The van der Waals surface area contributed by atoms with Gasteiger partial charge in [0, 0.05) is 24.8 Å². The molecule has 0 spiro atoms. The summed E-state index contributed by atoms with van der Waals surface area (Å²) in [5.74, 6) is 2.11. The fraction of sp³-hybridized carbons (Fsp3) is 0.350. The third-order valence-corrected chi connectivity index (χ3v) is 6.62. The van der Waals surface area contributed by atoms with Gasteiger partial charge in [0.1, 0.15) is 10.6 Å². The van der Waals surface area contributed by atoms with E-state index in [-0.39, 0.29) is 12.7 Å². The maximum atomic E-state index is 12.9. The summed E-state index contributed by atoms with van der Waals surface area (Å²) in [6, 6.07) is 7.30. The third-order valence-electron chi connectivity index (χ3n) is 5.04. The normalized spacial score (nSPS) is 15.7. The number of carbonyl (C=O) groups is 1. The number of carbonyl (C=O) groups excluding carboxylic acids is 1. The molecular weight excluding hydrogens is 408 g/mol. The van der Waals surface area contributed by atoms with Crippen molar-refractivity contribution in [3.8, 4) is 11.5 Å². The summed E-state index contributed by atoms with van der Waals surface area (Å²) in [7, 11) is 0. The number of thioether (sulfide) groups is 1. The van der Waals surface area contributed by atoms with Gasteiger partial charge in [-0.05, 0) is 43.7 Å². The quantitative estimate of drug-likeness (QED) is 0.488. The van der Waals surface area contributed by atoms with Crippen molar-refractivity contribution in [2.75, 3.05) is 36.4 Å². The second-order valence-corrected chi connectivity index (χ2v) is 8.74. The van der Waals surface area contributed by atoms with E-state index in [4.69, 9.17) is 14.5 Å². The standard InChI is InChI=1S/C20H20N4O3S2/c1-28-20-22-17(24-7-3-2-4-8-24)13-10-16(29-19(13)23-20)18(25)21-12-5-6-14-15(9-12)27-11-26-14/h5-6,9-10H,2-4,7-8,11H2,1H3,(H,21,25). The van der Waals surface area contributed by atoms with Gasteiger partial charge in [-0.15, -0.1) is 11.3 Å². The number of aromatic nitrogens is 2. The zero-order chi connectivity index (χ0) is 19.8. The van der Waals surface area contributed by atoms with Gasteiger partial charge in [0.15, 0.2) is 16.7 Å². The highest BCUT2D eigenvalue weighted by Crippen LogP contribution is 2.36. The summed E-state index contributed by atoms with van der Waals surface area (Å²) >= 11 is 2.92. The maximum absolute atomic E-state index is 12.9. The van der Waals surface area contributed by atoms with Gasteiger partial charge in [-0.3, -0.25) is 4.79 Å². The molecule has 2 aliphatic heterocycles.